The third-order valence-corrected chi connectivity index (χ3v) is 8.10. The number of anilines is 2. The fraction of sp³-hybridized carbons (Fsp3) is 0.273. The Morgan fingerprint density at radius 1 is 1.15 bits per heavy atom. The van der Waals surface area contributed by atoms with Crippen molar-refractivity contribution in [3.63, 3.8) is 0 Å². The number of sulfone groups is 1. The van der Waals surface area contributed by atoms with Gasteiger partial charge < -0.3 is 14.8 Å². The van der Waals surface area contributed by atoms with Gasteiger partial charge in [-0.15, -0.1) is 0 Å². The number of pyridine rings is 1. The van der Waals surface area contributed by atoms with Crippen molar-refractivity contribution in [2.75, 3.05) is 25.6 Å². The van der Waals surface area contributed by atoms with Gasteiger partial charge in [0.15, 0.2) is 27.3 Å². The number of rotatable bonds is 5. The predicted octanol–water partition coefficient (Wildman–Crippen LogP) is 4.09. The van der Waals surface area contributed by atoms with E-state index in [0.29, 0.717) is 48.0 Å². The van der Waals surface area contributed by atoms with Crippen molar-refractivity contribution in [2.45, 2.75) is 23.0 Å². The van der Waals surface area contributed by atoms with Crippen LogP contribution < -0.4 is 10.1 Å². The second-order valence-corrected chi connectivity index (χ2v) is 9.91. The smallest absolute Gasteiger partial charge is 0.185 e. The third kappa shape index (κ3) is 3.66. The number of benzene rings is 2. The van der Waals surface area contributed by atoms with Crippen LogP contribution >= 0.6 is 0 Å². The molecular formula is C22H20F2N4O4S. The van der Waals surface area contributed by atoms with Crippen LogP contribution in [0.4, 0.5) is 20.3 Å². The molecule has 0 atom stereocenters. The molecule has 1 aliphatic rings. The fourth-order valence-corrected chi connectivity index (χ4v) is 5.94. The summed E-state index contributed by atoms with van der Waals surface area (Å²) in [5.74, 6) is -1.54. The predicted molar refractivity (Wildman–Crippen MR) is 119 cm³/mol. The van der Waals surface area contributed by atoms with Gasteiger partial charge in [0.1, 0.15) is 16.2 Å². The molecule has 0 radical (unpaired) electrons. The van der Waals surface area contributed by atoms with Crippen LogP contribution in [0.3, 0.4) is 0 Å². The van der Waals surface area contributed by atoms with Crippen LogP contribution in [-0.4, -0.2) is 49.2 Å². The second kappa shape index (κ2) is 8.23. The molecule has 0 bridgehead atoms. The Hall–Kier alpha value is -3.31. The van der Waals surface area contributed by atoms with Gasteiger partial charge in [0.25, 0.3) is 0 Å². The highest BCUT2D eigenvalue weighted by atomic mass is 32.2. The van der Waals surface area contributed by atoms with E-state index < -0.39 is 26.7 Å². The summed E-state index contributed by atoms with van der Waals surface area (Å²) in [6.07, 6.45) is 2.36. The minimum absolute atomic E-state index is 0.0692. The standard InChI is InChI=1S/C22H20F2N4O4S/c1-31-18-11-17-14(10-19(18)33(29,30)12-5-8-32-9-6-12)16(4-7-25-17)26-22-13-2-3-15(23)20(24)21(13)27-28-22/h2-4,7,10-12H,5-6,8-9H2,1H3,(H2,25,26,27,28). The van der Waals surface area contributed by atoms with Crippen LogP contribution in [0.5, 0.6) is 5.75 Å². The number of aromatic nitrogens is 3. The van der Waals surface area contributed by atoms with E-state index in [1.165, 1.54) is 19.2 Å². The van der Waals surface area contributed by atoms with Crippen LogP contribution in [0.1, 0.15) is 12.8 Å². The first-order valence-electron chi connectivity index (χ1n) is 10.3. The molecule has 3 heterocycles. The number of nitrogens with zero attached hydrogens (tertiary/aromatic N) is 2. The first-order valence-corrected chi connectivity index (χ1v) is 11.8. The molecule has 11 heteroatoms. The third-order valence-electron chi connectivity index (χ3n) is 5.82. The fourth-order valence-electron chi connectivity index (χ4n) is 4.06. The maximum absolute atomic E-state index is 14.1. The van der Waals surface area contributed by atoms with E-state index in [1.807, 2.05) is 0 Å². The van der Waals surface area contributed by atoms with E-state index in [1.54, 1.807) is 18.3 Å². The summed E-state index contributed by atoms with van der Waals surface area (Å²) < 4.78 is 65.1. The van der Waals surface area contributed by atoms with Crippen LogP contribution in [0.15, 0.2) is 41.4 Å². The highest BCUT2D eigenvalue weighted by Gasteiger charge is 2.32. The number of halogens is 2. The molecule has 2 aromatic heterocycles. The second-order valence-electron chi connectivity index (χ2n) is 7.72. The first kappa shape index (κ1) is 21.5. The maximum atomic E-state index is 14.1. The van der Waals surface area contributed by atoms with Crippen molar-refractivity contribution in [3.8, 4) is 5.75 Å². The monoisotopic (exact) mass is 474 g/mol. The molecule has 0 amide bonds. The highest BCUT2D eigenvalue weighted by Crippen LogP contribution is 2.37. The summed E-state index contributed by atoms with van der Waals surface area (Å²) in [6.45, 7) is 0.773. The molecule has 0 spiro atoms. The molecule has 33 heavy (non-hydrogen) atoms. The Balaban J connectivity index is 1.62. The van der Waals surface area contributed by atoms with Crippen molar-refractivity contribution in [1.29, 1.82) is 0 Å². The minimum Gasteiger partial charge on any atom is -0.495 e. The molecule has 0 unspecified atom stereocenters. The molecule has 172 valence electrons. The van der Waals surface area contributed by atoms with Crippen LogP contribution in [0, 0.1) is 11.6 Å². The quantitative estimate of drug-likeness (QED) is 0.449. The molecule has 2 aromatic carbocycles. The largest absolute Gasteiger partial charge is 0.495 e. The van der Waals surface area contributed by atoms with Crippen molar-refractivity contribution in [1.82, 2.24) is 15.2 Å². The molecule has 4 aromatic rings. The van der Waals surface area contributed by atoms with Gasteiger partial charge in [-0.2, -0.15) is 5.10 Å². The van der Waals surface area contributed by atoms with Crippen molar-refractivity contribution in [2.24, 2.45) is 0 Å². The number of hydrogen-bond acceptors (Lipinski definition) is 7. The van der Waals surface area contributed by atoms with Gasteiger partial charge in [-0.25, -0.2) is 17.2 Å². The van der Waals surface area contributed by atoms with Gasteiger partial charge in [0, 0.05) is 36.2 Å². The molecule has 2 N–H and O–H groups in total. The summed E-state index contributed by atoms with van der Waals surface area (Å²) in [7, 11) is -2.28. The molecular weight excluding hydrogens is 454 g/mol. The number of H-pyrrole nitrogens is 1. The zero-order chi connectivity index (χ0) is 23.2. The number of aromatic amines is 1. The lowest BCUT2D eigenvalue weighted by molar-refractivity contribution is 0.0983. The number of nitrogens with one attached hydrogen (secondary N) is 2. The lowest BCUT2D eigenvalue weighted by Crippen LogP contribution is -2.29. The molecule has 8 nitrogen and oxygen atoms in total. The number of fused-ring (bicyclic) bond motifs is 2. The molecule has 5 rings (SSSR count). The number of ether oxygens (including phenoxy) is 2. The Morgan fingerprint density at radius 3 is 2.70 bits per heavy atom. The number of methoxy groups -OCH3 is 1. The van der Waals surface area contributed by atoms with E-state index in [0.717, 1.165) is 6.07 Å². The summed E-state index contributed by atoms with van der Waals surface area (Å²) in [5.41, 5.74) is 0.935. The normalized spacial score (nSPS) is 15.2. The van der Waals surface area contributed by atoms with E-state index in [2.05, 4.69) is 20.5 Å². The van der Waals surface area contributed by atoms with Crippen molar-refractivity contribution >= 4 is 43.1 Å². The Kier molecular flexibility index (Phi) is 5.37. The maximum Gasteiger partial charge on any atom is 0.185 e. The van der Waals surface area contributed by atoms with E-state index in [-0.39, 0.29) is 22.0 Å². The van der Waals surface area contributed by atoms with Crippen LogP contribution in [0.25, 0.3) is 21.8 Å². The van der Waals surface area contributed by atoms with Gasteiger partial charge in [-0.05, 0) is 37.1 Å². The van der Waals surface area contributed by atoms with Crippen molar-refractivity contribution in [3.05, 3.63) is 48.2 Å². The lowest BCUT2D eigenvalue weighted by atomic mass is 10.1. The Labute approximate surface area is 187 Å². The average molecular weight is 474 g/mol. The van der Waals surface area contributed by atoms with Gasteiger partial charge in [0.2, 0.25) is 0 Å². The topological polar surface area (TPSA) is 106 Å². The van der Waals surface area contributed by atoms with Gasteiger partial charge in [-0.3, -0.25) is 10.1 Å². The van der Waals surface area contributed by atoms with E-state index in [4.69, 9.17) is 9.47 Å². The van der Waals surface area contributed by atoms with Crippen LogP contribution in [0.2, 0.25) is 0 Å². The molecule has 1 aliphatic heterocycles. The Bertz CT molecular complexity index is 1470. The number of hydrogen-bond donors (Lipinski definition) is 2. The summed E-state index contributed by atoms with van der Waals surface area (Å²) in [5, 5.41) is 9.93. The van der Waals surface area contributed by atoms with Crippen molar-refractivity contribution < 1.29 is 26.7 Å². The zero-order valence-corrected chi connectivity index (χ0v) is 18.4. The lowest BCUT2D eigenvalue weighted by Gasteiger charge is -2.23. The molecule has 1 saturated heterocycles. The van der Waals surface area contributed by atoms with Gasteiger partial charge in [-0.1, -0.05) is 0 Å². The SMILES string of the molecule is COc1cc2nccc(Nc3n[nH]c4c(F)c(F)ccc34)c2cc1S(=O)(=O)C1CCOCC1. The average Bonchev–Trinajstić information content (AvgIpc) is 3.24. The van der Waals surface area contributed by atoms with E-state index >= 15 is 0 Å². The highest BCUT2D eigenvalue weighted by molar-refractivity contribution is 7.92. The first-order chi connectivity index (χ1) is 15.9. The minimum atomic E-state index is -3.69. The van der Waals surface area contributed by atoms with Gasteiger partial charge >= 0.3 is 0 Å². The summed E-state index contributed by atoms with van der Waals surface area (Å²) in [4.78, 5) is 4.40. The summed E-state index contributed by atoms with van der Waals surface area (Å²) in [6, 6.07) is 7.19. The Morgan fingerprint density at radius 2 is 1.94 bits per heavy atom. The summed E-state index contributed by atoms with van der Waals surface area (Å²) >= 11 is 0. The van der Waals surface area contributed by atoms with Crippen LogP contribution in [-0.2, 0) is 14.6 Å². The molecule has 1 fully saturated rings. The zero-order valence-electron chi connectivity index (χ0n) is 17.6. The van der Waals surface area contributed by atoms with E-state index in [9.17, 15) is 17.2 Å². The molecule has 0 saturated carbocycles. The molecule has 0 aliphatic carbocycles. The van der Waals surface area contributed by atoms with Gasteiger partial charge in [0.05, 0.1) is 23.6 Å².